The van der Waals surface area contributed by atoms with E-state index in [1.165, 1.54) is 15.3 Å². The van der Waals surface area contributed by atoms with Crippen LogP contribution in [0.1, 0.15) is 34.2 Å². The zero-order chi connectivity index (χ0) is 20.8. The number of rotatable bonds is 8. The first-order chi connectivity index (χ1) is 14.0. The minimum absolute atomic E-state index is 0.0702. The maximum Gasteiger partial charge on any atom is 0.280 e. The fraction of sp³-hybridized carbons (Fsp3) is 0.304. The molecular formula is C23H27N4OS+. The molecule has 0 aliphatic carbocycles. The van der Waals surface area contributed by atoms with Gasteiger partial charge in [0, 0.05) is 16.1 Å². The molecule has 3 rings (SSSR count). The smallest absolute Gasteiger partial charge is 0.280 e. The monoisotopic (exact) mass is 407 g/mol. The minimum Gasteiger partial charge on any atom is -0.325 e. The van der Waals surface area contributed by atoms with E-state index in [-0.39, 0.29) is 5.91 Å². The van der Waals surface area contributed by atoms with Crippen molar-refractivity contribution in [1.29, 1.82) is 5.26 Å². The molecule has 6 heteroatoms. The average molecular weight is 408 g/mol. The van der Waals surface area contributed by atoms with Crippen molar-refractivity contribution >= 4 is 23.1 Å². The number of amides is 1. The summed E-state index contributed by atoms with van der Waals surface area (Å²) in [4.78, 5) is 15.2. The SMILES string of the molecule is CC[NH+](CC(=O)Nc1c(C#N)c(C)c(C)n1Cc1cccs1)Cc1ccccc1. The van der Waals surface area contributed by atoms with E-state index in [9.17, 15) is 10.1 Å². The van der Waals surface area contributed by atoms with Crippen LogP contribution in [-0.2, 0) is 17.9 Å². The number of nitrogens with zero attached hydrogens (tertiary/aromatic N) is 2. The maximum atomic E-state index is 12.9. The Labute approximate surface area is 176 Å². The molecule has 1 aromatic carbocycles. The molecule has 0 fully saturated rings. The first kappa shape index (κ1) is 20.8. The van der Waals surface area contributed by atoms with Gasteiger partial charge in [0.05, 0.1) is 18.7 Å². The number of carbonyl (C=O) groups is 1. The van der Waals surface area contributed by atoms with Gasteiger partial charge in [-0.15, -0.1) is 11.3 Å². The van der Waals surface area contributed by atoms with Crippen LogP contribution in [0.15, 0.2) is 47.8 Å². The number of anilines is 1. The lowest BCUT2D eigenvalue weighted by Gasteiger charge is -2.18. The standard InChI is InChI=1S/C23H26N4OS/c1-4-26(14-19-9-6-5-7-10-19)16-22(28)25-23-21(13-24)17(2)18(3)27(23)15-20-11-8-12-29-20/h5-12H,4,14-16H2,1-3H3,(H,25,28)/p+1. The minimum atomic E-state index is -0.0702. The van der Waals surface area contributed by atoms with Crippen molar-refractivity contribution in [1.82, 2.24) is 4.57 Å². The Morgan fingerprint density at radius 1 is 1.21 bits per heavy atom. The summed E-state index contributed by atoms with van der Waals surface area (Å²) in [6.45, 7) is 8.67. The van der Waals surface area contributed by atoms with Crippen molar-refractivity contribution in [3.63, 3.8) is 0 Å². The van der Waals surface area contributed by atoms with E-state index in [1.807, 2.05) is 48.1 Å². The third-order valence-corrected chi connectivity index (χ3v) is 6.16. The second kappa shape index (κ2) is 9.55. The third kappa shape index (κ3) is 4.94. The number of nitrogens with one attached hydrogen (secondary N) is 2. The van der Waals surface area contributed by atoms with Crippen molar-refractivity contribution in [2.24, 2.45) is 0 Å². The number of hydrogen-bond acceptors (Lipinski definition) is 3. The van der Waals surface area contributed by atoms with Gasteiger partial charge in [0.2, 0.25) is 0 Å². The van der Waals surface area contributed by atoms with Gasteiger partial charge in [0.25, 0.3) is 5.91 Å². The van der Waals surface area contributed by atoms with Crippen molar-refractivity contribution < 1.29 is 9.69 Å². The number of carbonyl (C=O) groups excluding carboxylic acids is 1. The van der Waals surface area contributed by atoms with Gasteiger partial charge >= 0.3 is 0 Å². The van der Waals surface area contributed by atoms with E-state index < -0.39 is 0 Å². The van der Waals surface area contributed by atoms with Gasteiger partial charge < -0.3 is 14.8 Å². The molecule has 0 saturated carbocycles. The van der Waals surface area contributed by atoms with Crippen LogP contribution in [0.3, 0.4) is 0 Å². The van der Waals surface area contributed by atoms with Crippen LogP contribution in [0.25, 0.3) is 0 Å². The summed E-state index contributed by atoms with van der Waals surface area (Å²) in [5.74, 6) is 0.537. The Bertz CT molecular complexity index is 1000. The normalized spacial score (nSPS) is 11.8. The summed E-state index contributed by atoms with van der Waals surface area (Å²) in [7, 11) is 0. The second-order valence-electron chi connectivity index (χ2n) is 7.20. The summed E-state index contributed by atoms with van der Waals surface area (Å²) in [5.41, 5.74) is 3.69. The van der Waals surface area contributed by atoms with Gasteiger partial charge in [-0.2, -0.15) is 5.26 Å². The van der Waals surface area contributed by atoms with E-state index in [0.29, 0.717) is 24.5 Å². The zero-order valence-electron chi connectivity index (χ0n) is 17.2. The zero-order valence-corrected chi connectivity index (χ0v) is 18.0. The summed E-state index contributed by atoms with van der Waals surface area (Å²) >= 11 is 1.67. The summed E-state index contributed by atoms with van der Waals surface area (Å²) in [6, 6.07) is 16.6. The summed E-state index contributed by atoms with van der Waals surface area (Å²) in [6.07, 6.45) is 0. The largest absolute Gasteiger partial charge is 0.325 e. The predicted octanol–water partition coefficient (Wildman–Crippen LogP) is 3.13. The molecule has 0 aliphatic rings. The topological polar surface area (TPSA) is 62.3 Å². The quantitative estimate of drug-likeness (QED) is 0.603. The second-order valence-corrected chi connectivity index (χ2v) is 8.23. The maximum absolute atomic E-state index is 12.9. The number of aromatic nitrogens is 1. The van der Waals surface area contributed by atoms with E-state index in [1.54, 1.807) is 11.3 Å². The highest BCUT2D eigenvalue weighted by molar-refractivity contribution is 7.09. The van der Waals surface area contributed by atoms with Crippen LogP contribution in [0.2, 0.25) is 0 Å². The Balaban J connectivity index is 1.78. The Hall–Kier alpha value is -2.88. The molecule has 1 amide bonds. The highest BCUT2D eigenvalue weighted by atomic mass is 32.1. The number of quaternary nitrogens is 1. The lowest BCUT2D eigenvalue weighted by molar-refractivity contribution is -0.903. The van der Waals surface area contributed by atoms with Gasteiger partial charge in [-0.3, -0.25) is 4.79 Å². The first-order valence-electron chi connectivity index (χ1n) is 9.83. The lowest BCUT2D eigenvalue weighted by atomic mass is 10.2. The van der Waals surface area contributed by atoms with Crippen molar-refractivity contribution in [2.45, 2.75) is 33.9 Å². The molecule has 0 radical (unpaired) electrons. The molecular weight excluding hydrogens is 380 g/mol. The number of thiophene rings is 1. The number of hydrogen-bond donors (Lipinski definition) is 2. The van der Waals surface area contributed by atoms with E-state index in [2.05, 4.69) is 36.5 Å². The molecule has 0 saturated heterocycles. The molecule has 150 valence electrons. The molecule has 5 nitrogen and oxygen atoms in total. The molecule has 0 aliphatic heterocycles. The van der Waals surface area contributed by atoms with E-state index >= 15 is 0 Å². The Kier molecular flexibility index (Phi) is 6.86. The molecule has 2 N–H and O–H groups in total. The number of benzene rings is 1. The molecule has 2 aromatic heterocycles. The Morgan fingerprint density at radius 2 is 1.97 bits per heavy atom. The molecule has 29 heavy (non-hydrogen) atoms. The fourth-order valence-corrected chi connectivity index (χ4v) is 4.18. The van der Waals surface area contributed by atoms with Gasteiger partial charge in [-0.25, -0.2) is 0 Å². The van der Waals surface area contributed by atoms with Gasteiger partial charge in [-0.05, 0) is 37.8 Å². The van der Waals surface area contributed by atoms with Crippen LogP contribution in [0.4, 0.5) is 5.82 Å². The Morgan fingerprint density at radius 3 is 2.59 bits per heavy atom. The highest BCUT2D eigenvalue weighted by Gasteiger charge is 2.22. The average Bonchev–Trinajstić information content (AvgIpc) is 3.31. The van der Waals surface area contributed by atoms with Crippen molar-refractivity contribution in [2.75, 3.05) is 18.4 Å². The van der Waals surface area contributed by atoms with Gasteiger partial charge in [0.15, 0.2) is 6.54 Å². The molecule has 1 unspecified atom stereocenters. The molecule has 1 atom stereocenters. The van der Waals surface area contributed by atoms with Crippen molar-refractivity contribution in [3.8, 4) is 6.07 Å². The third-order valence-electron chi connectivity index (χ3n) is 5.30. The van der Waals surface area contributed by atoms with E-state index in [0.717, 1.165) is 24.3 Å². The predicted molar refractivity (Wildman–Crippen MR) is 117 cm³/mol. The van der Waals surface area contributed by atoms with Crippen LogP contribution < -0.4 is 10.2 Å². The molecule has 3 aromatic rings. The van der Waals surface area contributed by atoms with Crippen LogP contribution in [-0.4, -0.2) is 23.6 Å². The molecule has 0 bridgehead atoms. The van der Waals surface area contributed by atoms with E-state index in [4.69, 9.17) is 0 Å². The van der Waals surface area contributed by atoms with Crippen molar-refractivity contribution in [3.05, 3.63) is 75.1 Å². The molecule has 0 spiro atoms. The van der Waals surface area contributed by atoms with Gasteiger partial charge in [-0.1, -0.05) is 36.4 Å². The first-order valence-corrected chi connectivity index (χ1v) is 10.7. The lowest BCUT2D eigenvalue weighted by Crippen LogP contribution is -3.11. The highest BCUT2D eigenvalue weighted by Crippen LogP contribution is 2.28. The number of nitriles is 1. The molecule has 2 heterocycles. The fourth-order valence-electron chi connectivity index (χ4n) is 3.49. The van der Waals surface area contributed by atoms with Crippen LogP contribution >= 0.6 is 11.3 Å². The summed E-state index contributed by atoms with van der Waals surface area (Å²) in [5, 5.41) is 14.8. The van der Waals surface area contributed by atoms with Crippen LogP contribution in [0.5, 0.6) is 0 Å². The van der Waals surface area contributed by atoms with Crippen LogP contribution in [0, 0.1) is 25.2 Å². The van der Waals surface area contributed by atoms with Gasteiger partial charge in [0.1, 0.15) is 18.4 Å². The number of likely N-dealkylation sites (N-methyl/N-ethyl adjacent to an activating group) is 1. The summed E-state index contributed by atoms with van der Waals surface area (Å²) < 4.78 is 2.04.